The maximum Gasteiger partial charge on any atom is 0.223 e. The zero-order chi connectivity index (χ0) is 17.5. The molecule has 2 aliphatic rings. The summed E-state index contributed by atoms with van der Waals surface area (Å²) in [4.78, 5) is 9.04. The lowest BCUT2D eigenvalue weighted by Crippen LogP contribution is -2.36. The van der Waals surface area contributed by atoms with Crippen LogP contribution in [0.4, 0.5) is 5.95 Å². The van der Waals surface area contributed by atoms with Crippen LogP contribution in [0.1, 0.15) is 0 Å². The standard InChI is InChI=1S/C20H19N3O3/c24-17-11-26-18-16(10-25-19(17)18)23-20-21-9-8-15(22-20)14-7-3-5-12-4-1-2-6-13(12)14/h1-9,16-19,24H,10-11H2,(H,21,22,23). The fourth-order valence-electron chi connectivity index (χ4n) is 3.80. The Morgan fingerprint density at radius 3 is 2.77 bits per heavy atom. The number of aliphatic hydroxyl groups excluding tert-OH is 1. The number of hydrogen-bond acceptors (Lipinski definition) is 6. The molecule has 0 saturated carbocycles. The van der Waals surface area contributed by atoms with Gasteiger partial charge in [0.1, 0.15) is 18.3 Å². The minimum atomic E-state index is -0.560. The number of nitrogens with zero attached hydrogens (tertiary/aromatic N) is 2. The molecule has 6 heteroatoms. The van der Waals surface area contributed by atoms with Gasteiger partial charge < -0.3 is 19.9 Å². The van der Waals surface area contributed by atoms with E-state index in [1.165, 1.54) is 5.39 Å². The minimum Gasteiger partial charge on any atom is -0.388 e. The number of rotatable bonds is 3. The normalized spacial score (nSPS) is 27.6. The second-order valence-electron chi connectivity index (χ2n) is 6.71. The van der Waals surface area contributed by atoms with Gasteiger partial charge in [0.2, 0.25) is 5.95 Å². The monoisotopic (exact) mass is 349 g/mol. The van der Waals surface area contributed by atoms with Crippen molar-refractivity contribution in [3.8, 4) is 11.3 Å². The lowest BCUT2D eigenvalue weighted by molar-refractivity contribution is 0.0184. The van der Waals surface area contributed by atoms with E-state index in [0.29, 0.717) is 19.2 Å². The van der Waals surface area contributed by atoms with E-state index < -0.39 is 6.10 Å². The minimum absolute atomic E-state index is 0.0695. The number of ether oxygens (including phenoxy) is 2. The van der Waals surface area contributed by atoms with E-state index in [9.17, 15) is 5.11 Å². The molecule has 1 aromatic heterocycles. The molecule has 4 atom stereocenters. The van der Waals surface area contributed by atoms with Crippen molar-refractivity contribution in [2.75, 3.05) is 18.5 Å². The van der Waals surface area contributed by atoms with E-state index in [1.807, 2.05) is 24.3 Å². The Labute approximate surface area is 150 Å². The van der Waals surface area contributed by atoms with Crippen molar-refractivity contribution >= 4 is 16.7 Å². The molecule has 5 rings (SSSR count). The first-order valence-electron chi connectivity index (χ1n) is 8.78. The quantitative estimate of drug-likeness (QED) is 0.755. The summed E-state index contributed by atoms with van der Waals surface area (Å²) in [7, 11) is 0. The van der Waals surface area contributed by atoms with E-state index >= 15 is 0 Å². The second kappa shape index (κ2) is 6.32. The Balaban J connectivity index is 1.44. The van der Waals surface area contributed by atoms with Crippen LogP contribution in [0, 0.1) is 0 Å². The van der Waals surface area contributed by atoms with Gasteiger partial charge in [-0.3, -0.25) is 0 Å². The number of hydrogen-bond donors (Lipinski definition) is 2. The van der Waals surface area contributed by atoms with Crippen LogP contribution >= 0.6 is 0 Å². The number of aromatic nitrogens is 2. The van der Waals surface area contributed by atoms with E-state index in [-0.39, 0.29) is 18.2 Å². The van der Waals surface area contributed by atoms with Crippen molar-refractivity contribution in [1.29, 1.82) is 0 Å². The molecule has 0 radical (unpaired) electrons. The Kier molecular flexibility index (Phi) is 3.81. The molecular formula is C20H19N3O3. The molecule has 6 nitrogen and oxygen atoms in total. The van der Waals surface area contributed by atoms with Crippen molar-refractivity contribution in [1.82, 2.24) is 9.97 Å². The molecule has 2 fully saturated rings. The summed E-state index contributed by atoms with van der Waals surface area (Å²) in [5.74, 6) is 0.537. The Morgan fingerprint density at radius 1 is 0.962 bits per heavy atom. The summed E-state index contributed by atoms with van der Waals surface area (Å²) in [6, 6.07) is 16.3. The molecule has 2 aliphatic heterocycles. The molecule has 0 spiro atoms. The predicted molar refractivity (Wildman–Crippen MR) is 97.9 cm³/mol. The molecule has 2 N–H and O–H groups in total. The number of benzene rings is 2. The van der Waals surface area contributed by atoms with E-state index in [2.05, 4.69) is 34.6 Å². The highest BCUT2D eigenvalue weighted by molar-refractivity contribution is 5.95. The van der Waals surface area contributed by atoms with Gasteiger partial charge in [-0.05, 0) is 16.8 Å². The smallest absolute Gasteiger partial charge is 0.223 e. The molecule has 4 unspecified atom stereocenters. The maximum atomic E-state index is 9.87. The van der Waals surface area contributed by atoms with Crippen LogP contribution in [0.5, 0.6) is 0 Å². The zero-order valence-corrected chi connectivity index (χ0v) is 14.1. The number of anilines is 1. The highest BCUT2D eigenvalue weighted by Crippen LogP contribution is 2.30. The lowest BCUT2D eigenvalue weighted by atomic mass is 10.0. The zero-order valence-electron chi connectivity index (χ0n) is 14.1. The first-order chi connectivity index (χ1) is 12.8. The van der Waals surface area contributed by atoms with Crippen molar-refractivity contribution in [3.05, 3.63) is 54.7 Å². The van der Waals surface area contributed by atoms with E-state index in [1.54, 1.807) is 6.20 Å². The third-order valence-corrected chi connectivity index (χ3v) is 5.06. The van der Waals surface area contributed by atoms with E-state index in [4.69, 9.17) is 14.5 Å². The fraction of sp³-hybridized carbons (Fsp3) is 0.300. The van der Waals surface area contributed by atoms with Crippen molar-refractivity contribution in [2.24, 2.45) is 0 Å². The predicted octanol–water partition coefficient (Wildman–Crippen LogP) is 2.24. The summed E-state index contributed by atoms with van der Waals surface area (Å²) in [6.45, 7) is 0.776. The van der Waals surface area contributed by atoms with Gasteiger partial charge in [0.15, 0.2) is 0 Å². The molecule has 132 valence electrons. The van der Waals surface area contributed by atoms with Crippen LogP contribution in [0.3, 0.4) is 0 Å². The van der Waals surface area contributed by atoms with Crippen LogP contribution < -0.4 is 5.32 Å². The topological polar surface area (TPSA) is 76.5 Å². The Morgan fingerprint density at radius 2 is 1.81 bits per heavy atom. The summed E-state index contributed by atoms with van der Waals surface area (Å²) in [6.07, 6.45) is 0.752. The van der Waals surface area contributed by atoms with Crippen LogP contribution in [-0.2, 0) is 9.47 Å². The van der Waals surface area contributed by atoms with Gasteiger partial charge in [-0.2, -0.15) is 0 Å². The molecule has 3 heterocycles. The highest BCUT2D eigenvalue weighted by atomic mass is 16.6. The molecule has 2 aromatic carbocycles. The van der Waals surface area contributed by atoms with Crippen molar-refractivity contribution in [3.63, 3.8) is 0 Å². The van der Waals surface area contributed by atoms with Gasteiger partial charge >= 0.3 is 0 Å². The first kappa shape index (κ1) is 15.7. The first-order valence-corrected chi connectivity index (χ1v) is 8.78. The second-order valence-corrected chi connectivity index (χ2v) is 6.71. The van der Waals surface area contributed by atoms with Crippen LogP contribution in [0.25, 0.3) is 22.0 Å². The summed E-state index contributed by atoms with van der Waals surface area (Å²) in [5, 5.41) is 15.5. The van der Waals surface area contributed by atoms with Gasteiger partial charge in [0.25, 0.3) is 0 Å². The third-order valence-electron chi connectivity index (χ3n) is 5.06. The molecule has 0 amide bonds. The summed E-state index contributed by atoms with van der Waals surface area (Å²) >= 11 is 0. The molecule has 0 bridgehead atoms. The van der Waals surface area contributed by atoms with E-state index in [0.717, 1.165) is 16.6 Å². The third kappa shape index (κ3) is 2.63. The molecule has 26 heavy (non-hydrogen) atoms. The van der Waals surface area contributed by atoms with Crippen LogP contribution in [0.15, 0.2) is 54.7 Å². The number of fused-ring (bicyclic) bond motifs is 2. The van der Waals surface area contributed by atoms with Crippen molar-refractivity contribution in [2.45, 2.75) is 24.4 Å². The number of nitrogens with one attached hydrogen (secondary N) is 1. The summed E-state index contributed by atoms with van der Waals surface area (Å²) < 4.78 is 11.3. The van der Waals surface area contributed by atoms with Crippen LogP contribution in [-0.4, -0.2) is 52.6 Å². The van der Waals surface area contributed by atoms with Gasteiger partial charge in [0, 0.05) is 11.8 Å². The Hall–Kier alpha value is -2.54. The highest BCUT2D eigenvalue weighted by Gasteiger charge is 2.47. The van der Waals surface area contributed by atoms with Crippen molar-refractivity contribution < 1.29 is 14.6 Å². The molecule has 2 saturated heterocycles. The average molecular weight is 349 g/mol. The van der Waals surface area contributed by atoms with Gasteiger partial charge in [0.05, 0.1) is 24.9 Å². The number of aliphatic hydroxyl groups is 1. The van der Waals surface area contributed by atoms with Gasteiger partial charge in [-0.15, -0.1) is 0 Å². The molecule has 3 aromatic rings. The van der Waals surface area contributed by atoms with Gasteiger partial charge in [-0.25, -0.2) is 9.97 Å². The summed E-state index contributed by atoms with van der Waals surface area (Å²) in [5.41, 5.74) is 1.93. The SMILES string of the molecule is OC1COC2C(Nc3nccc(-c4cccc5ccccc45)n3)COC12. The largest absolute Gasteiger partial charge is 0.388 e. The van der Waals surface area contributed by atoms with Gasteiger partial charge in [-0.1, -0.05) is 42.5 Å². The molecule has 0 aliphatic carbocycles. The maximum absolute atomic E-state index is 9.87. The molecular weight excluding hydrogens is 330 g/mol. The fourth-order valence-corrected chi connectivity index (χ4v) is 3.80. The average Bonchev–Trinajstić information content (AvgIpc) is 3.25. The Bertz CT molecular complexity index is 943. The van der Waals surface area contributed by atoms with Crippen LogP contribution in [0.2, 0.25) is 0 Å². The lowest BCUT2D eigenvalue weighted by Gasteiger charge is -2.17.